The second kappa shape index (κ2) is 6.23. The number of hydrogen-bond donors (Lipinski definition) is 0. The van der Waals surface area contributed by atoms with Crippen molar-refractivity contribution >= 4 is 26.0 Å². The molecule has 0 N–H and O–H groups in total. The molecule has 0 atom stereocenters. The topological polar surface area (TPSA) is 37.4 Å². The molecule has 0 amide bonds. The summed E-state index contributed by atoms with van der Waals surface area (Å²) < 4.78 is 61.9. The molecule has 0 aliphatic carbocycles. The zero-order valence-electron chi connectivity index (χ0n) is 10.1. The van der Waals surface area contributed by atoms with Gasteiger partial charge >= 0.3 is 6.18 Å². The summed E-state index contributed by atoms with van der Waals surface area (Å²) in [6.45, 7) is 0.0346. The second-order valence-electron chi connectivity index (χ2n) is 3.96. The van der Waals surface area contributed by atoms with Gasteiger partial charge in [-0.3, -0.25) is 0 Å². The van der Waals surface area contributed by atoms with Crippen LogP contribution in [0.25, 0.3) is 0 Å². The molecule has 8 heteroatoms. The van der Waals surface area contributed by atoms with Crippen molar-refractivity contribution in [2.75, 3.05) is 18.4 Å². The monoisotopic (exact) mass is 359 g/mol. The lowest BCUT2D eigenvalue weighted by atomic mass is 10.2. The van der Waals surface area contributed by atoms with Gasteiger partial charge in [0.15, 0.2) is 0 Å². The van der Waals surface area contributed by atoms with Crippen molar-refractivity contribution in [3.05, 3.63) is 29.8 Å². The van der Waals surface area contributed by atoms with Crippen LogP contribution >= 0.6 is 15.9 Å². The maximum Gasteiger partial charge on any atom is 0.402 e. The highest BCUT2D eigenvalue weighted by molar-refractivity contribution is 9.09. The van der Waals surface area contributed by atoms with E-state index in [0.29, 0.717) is 4.31 Å². The van der Waals surface area contributed by atoms with Gasteiger partial charge in [-0.15, -0.1) is 0 Å². The fraction of sp³-hybridized carbons (Fsp3) is 0.455. The third-order valence-electron chi connectivity index (χ3n) is 2.35. The zero-order valence-corrected chi connectivity index (χ0v) is 12.5. The number of rotatable bonds is 5. The summed E-state index contributed by atoms with van der Waals surface area (Å²) in [6.07, 6.45) is -4.57. The summed E-state index contributed by atoms with van der Waals surface area (Å²) in [5.41, 5.74) is 0.835. The molecule has 1 rings (SSSR count). The second-order valence-corrected chi connectivity index (χ2v) is 6.69. The third kappa shape index (κ3) is 4.77. The molecule has 19 heavy (non-hydrogen) atoms. The van der Waals surface area contributed by atoms with Gasteiger partial charge in [0, 0.05) is 11.9 Å². The van der Waals surface area contributed by atoms with Crippen LogP contribution in [0.2, 0.25) is 0 Å². The van der Waals surface area contributed by atoms with Crippen LogP contribution in [0.3, 0.4) is 0 Å². The van der Waals surface area contributed by atoms with Gasteiger partial charge in [0.25, 0.3) is 0 Å². The minimum absolute atomic E-state index is 0.133. The molecule has 1 aromatic rings. The fourth-order valence-corrected chi connectivity index (χ4v) is 3.53. The molecule has 108 valence electrons. The van der Waals surface area contributed by atoms with E-state index in [1.807, 2.05) is 0 Å². The number of alkyl halides is 4. The Morgan fingerprint density at radius 1 is 1.21 bits per heavy atom. The van der Waals surface area contributed by atoms with Crippen LogP contribution < -0.4 is 0 Å². The van der Waals surface area contributed by atoms with Crippen molar-refractivity contribution in [3.8, 4) is 0 Å². The Kier molecular flexibility index (Phi) is 5.40. The number of sulfonamides is 1. The van der Waals surface area contributed by atoms with Gasteiger partial charge in [-0.2, -0.15) is 17.5 Å². The first kappa shape index (κ1) is 16.5. The quantitative estimate of drug-likeness (QED) is 0.758. The molecule has 0 heterocycles. The van der Waals surface area contributed by atoms with Crippen molar-refractivity contribution in [3.63, 3.8) is 0 Å². The van der Waals surface area contributed by atoms with Gasteiger partial charge in [0.2, 0.25) is 10.0 Å². The van der Waals surface area contributed by atoms with Gasteiger partial charge < -0.3 is 0 Å². The Labute approximate surface area is 118 Å². The summed E-state index contributed by atoms with van der Waals surface area (Å²) in [5.74, 6) is 0. The third-order valence-corrected chi connectivity index (χ3v) is 4.56. The van der Waals surface area contributed by atoms with Gasteiger partial charge in [-0.25, -0.2) is 8.42 Å². The lowest BCUT2D eigenvalue weighted by Gasteiger charge is -2.22. The number of benzene rings is 1. The van der Waals surface area contributed by atoms with E-state index in [4.69, 9.17) is 0 Å². The highest BCUT2D eigenvalue weighted by atomic mass is 79.9. The SMILES string of the molecule is Cc1ccc(S(=O)(=O)N(CCBr)CC(F)(F)F)cc1. The minimum atomic E-state index is -4.57. The molecule has 0 spiro atoms. The Morgan fingerprint density at radius 3 is 2.16 bits per heavy atom. The predicted molar refractivity (Wildman–Crippen MR) is 69.8 cm³/mol. The van der Waals surface area contributed by atoms with Gasteiger partial charge in [0.05, 0.1) is 4.90 Å². The number of hydrogen-bond acceptors (Lipinski definition) is 2. The highest BCUT2D eigenvalue weighted by Gasteiger charge is 2.36. The first-order valence-electron chi connectivity index (χ1n) is 5.36. The van der Waals surface area contributed by atoms with Crippen molar-refractivity contribution < 1.29 is 21.6 Å². The van der Waals surface area contributed by atoms with Crippen molar-refractivity contribution in [1.29, 1.82) is 0 Å². The number of aryl methyl sites for hydroxylation is 1. The Morgan fingerprint density at radius 2 is 1.74 bits per heavy atom. The van der Waals surface area contributed by atoms with Crippen LogP contribution in [-0.2, 0) is 10.0 Å². The van der Waals surface area contributed by atoms with Crippen molar-refractivity contribution in [2.45, 2.75) is 18.0 Å². The van der Waals surface area contributed by atoms with Crippen LogP contribution in [0, 0.1) is 6.92 Å². The Balaban J connectivity index is 3.09. The molecule has 0 saturated carbocycles. The molecule has 0 aliphatic heterocycles. The lowest BCUT2D eigenvalue weighted by molar-refractivity contribution is -0.135. The summed E-state index contributed by atoms with van der Waals surface area (Å²) >= 11 is 2.96. The van der Waals surface area contributed by atoms with E-state index in [-0.39, 0.29) is 16.8 Å². The number of nitrogens with zero attached hydrogens (tertiary/aromatic N) is 1. The molecule has 3 nitrogen and oxygen atoms in total. The first-order valence-corrected chi connectivity index (χ1v) is 7.92. The van der Waals surface area contributed by atoms with Crippen LogP contribution in [0.1, 0.15) is 5.56 Å². The van der Waals surface area contributed by atoms with E-state index < -0.39 is 22.7 Å². The molecule has 0 saturated heterocycles. The molecule has 0 unspecified atom stereocenters. The van der Waals surface area contributed by atoms with Crippen LogP contribution in [0.5, 0.6) is 0 Å². The highest BCUT2D eigenvalue weighted by Crippen LogP contribution is 2.23. The normalized spacial score (nSPS) is 12.9. The standard InChI is InChI=1S/C11H13BrF3NO2S/c1-9-2-4-10(5-3-9)19(17,18)16(7-6-12)8-11(13,14)15/h2-5H,6-8H2,1H3. The van der Waals surface area contributed by atoms with E-state index in [2.05, 4.69) is 15.9 Å². The molecule has 1 aromatic carbocycles. The molecule has 0 aliphatic rings. The average Bonchev–Trinajstić information content (AvgIpc) is 2.27. The van der Waals surface area contributed by atoms with Crippen LogP contribution in [0.15, 0.2) is 29.2 Å². The molecule has 0 radical (unpaired) electrons. The number of halogens is 4. The van der Waals surface area contributed by atoms with Crippen LogP contribution in [-0.4, -0.2) is 37.3 Å². The largest absolute Gasteiger partial charge is 0.402 e. The molecular weight excluding hydrogens is 347 g/mol. The molecule has 0 fully saturated rings. The first-order chi connectivity index (χ1) is 8.66. The van der Waals surface area contributed by atoms with E-state index in [9.17, 15) is 21.6 Å². The smallest absolute Gasteiger partial charge is 0.207 e. The van der Waals surface area contributed by atoms with Crippen LogP contribution in [0.4, 0.5) is 13.2 Å². The minimum Gasteiger partial charge on any atom is -0.207 e. The Hall–Kier alpha value is -0.600. The van der Waals surface area contributed by atoms with Gasteiger partial charge in [-0.05, 0) is 19.1 Å². The van der Waals surface area contributed by atoms with E-state index >= 15 is 0 Å². The van der Waals surface area contributed by atoms with E-state index in [0.717, 1.165) is 5.56 Å². The summed E-state index contributed by atoms with van der Waals surface area (Å²) in [7, 11) is -4.13. The summed E-state index contributed by atoms with van der Waals surface area (Å²) in [4.78, 5) is -0.136. The zero-order chi connectivity index (χ0) is 14.7. The van der Waals surface area contributed by atoms with E-state index in [1.54, 1.807) is 19.1 Å². The fourth-order valence-electron chi connectivity index (χ4n) is 1.44. The maximum atomic E-state index is 12.4. The molecule has 0 aromatic heterocycles. The molecular formula is C11H13BrF3NO2S. The summed E-state index contributed by atoms with van der Waals surface area (Å²) in [5, 5.41) is 0.133. The van der Waals surface area contributed by atoms with Gasteiger partial charge in [0.1, 0.15) is 6.54 Å². The van der Waals surface area contributed by atoms with Crippen molar-refractivity contribution in [2.24, 2.45) is 0 Å². The maximum absolute atomic E-state index is 12.4. The van der Waals surface area contributed by atoms with Crippen molar-refractivity contribution in [1.82, 2.24) is 4.31 Å². The average molecular weight is 360 g/mol. The van der Waals surface area contributed by atoms with E-state index in [1.165, 1.54) is 12.1 Å². The van der Waals surface area contributed by atoms with Gasteiger partial charge in [-0.1, -0.05) is 33.6 Å². The Bertz CT molecular complexity index is 514. The molecule has 0 bridgehead atoms. The predicted octanol–water partition coefficient (Wildman–Crippen LogP) is 2.94. The lowest BCUT2D eigenvalue weighted by Crippen LogP contribution is -2.40. The summed E-state index contributed by atoms with van der Waals surface area (Å²) in [6, 6.07) is 5.71.